The first-order chi connectivity index (χ1) is 5.31. The van der Waals surface area contributed by atoms with Gasteiger partial charge >= 0.3 is 0 Å². The summed E-state index contributed by atoms with van der Waals surface area (Å²) in [4.78, 5) is 4.66. The van der Waals surface area contributed by atoms with Crippen LogP contribution in [-0.2, 0) is 4.84 Å². The van der Waals surface area contributed by atoms with Gasteiger partial charge in [0.2, 0.25) is 0 Å². The molecule has 0 bridgehead atoms. The topological polar surface area (TPSA) is 35.2 Å². The summed E-state index contributed by atoms with van der Waals surface area (Å²) >= 11 is 0. The van der Waals surface area contributed by atoms with E-state index >= 15 is 0 Å². The third-order valence-electron chi connectivity index (χ3n) is 1.95. The summed E-state index contributed by atoms with van der Waals surface area (Å²) in [5.41, 5.74) is 0. The van der Waals surface area contributed by atoms with Gasteiger partial charge in [0.1, 0.15) is 0 Å². The fourth-order valence-electron chi connectivity index (χ4n) is 1.10. The molecular formula is C9H21NO. The van der Waals surface area contributed by atoms with Crippen LogP contribution < -0.4 is 5.90 Å². The fraction of sp³-hybridized carbons (Fsp3) is 1.00. The van der Waals surface area contributed by atoms with Crippen LogP contribution >= 0.6 is 0 Å². The molecule has 0 saturated heterocycles. The molecule has 0 spiro atoms. The van der Waals surface area contributed by atoms with Gasteiger partial charge < -0.3 is 4.84 Å². The SMILES string of the molecule is CCCCCCCC(C)ON. The van der Waals surface area contributed by atoms with E-state index in [0.29, 0.717) is 0 Å². The molecular weight excluding hydrogens is 138 g/mol. The van der Waals surface area contributed by atoms with Crippen molar-refractivity contribution in [2.75, 3.05) is 0 Å². The predicted molar refractivity (Wildman–Crippen MR) is 48.1 cm³/mol. The molecule has 0 aromatic heterocycles. The Kier molecular flexibility index (Phi) is 7.96. The molecule has 2 nitrogen and oxygen atoms in total. The second-order valence-corrected chi connectivity index (χ2v) is 3.15. The number of nitrogens with two attached hydrogens (primary N) is 1. The molecule has 0 aliphatic heterocycles. The predicted octanol–water partition coefficient (Wildman–Crippen LogP) is 2.63. The van der Waals surface area contributed by atoms with Gasteiger partial charge in [0.15, 0.2) is 0 Å². The van der Waals surface area contributed by atoms with Crippen molar-refractivity contribution in [3.63, 3.8) is 0 Å². The Balaban J connectivity index is 2.89. The largest absolute Gasteiger partial charge is 0.302 e. The summed E-state index contributed by atoms with van der Waals surface area (Å²) in [5.74, 6) is 5.01. The van der Waals surface area contributed by atoms with Gasteiger partial charge in [-0.25, -0.2) is 5.90 Å². The van der Waals surface area contributed by atoms with Crippen molar-refractivity contribution in [1.29, 1.82) is 0 Å². The number of hydrogen-bond acceptors (Lipinski definition) is 2. The van der Waals surface area contributed by atoms with Crippen LogP contribution in [-0.4, -0.2) is 6.10 Å². The number of hydrogen-bond donors (Lipinski definition) is 1. The average Bonchev–Trinajstić information content (AvgIpc) is 2.04. The van der Waals surface area contributed by atoms with Crippen LogP contribution in [0.1, 0.15) is 52.4 Å². The summed E-state index contributed by atoms with van der Waals surface area (Å²) in [5, 5.41) is 0. The summed E-state index contributed by atoms with van der Waals surface area (Å²) in [6.45, 7) is 4.24. The second kappa shape index (κ2) is 8.02. The molecule has 0 aromatic carbocycles. The van der Waals surface area contributed by atoms with Gasteiger partial charge in [0.25, 0.3) is 0 Å². The second-order valence-electron chi connectivity index (χ2n) is 3.15. The lowest BCUT2D eigenvalue weighted by Crippen LogP contribution is -2.12. The van der Waals surface area contributed by atoms with E-state index in [1.165, 1.54) is 32.1 Å². The Bertz CT molecular complexity index is 76.0. The van der Waals surface area contributed by atoms with Gasteiger partial charge in [0.05, 0.1) is 6.10 Å². The Morgan fingerprint density at radius 2 is 1.82 bits per heavy atom. The van der Waals surface area contributed by atoms with E-state index in [1.54, 1.807) is 0 Å². The smallest absolute Gasteiger partial charge is 0.0759 e. The molecule has 0 aliphatic carbocycles. The molecule has 0 rings (SSSR count). The summed E-state index contributed by atoms with van der Waals surface area (Å²) < 4.78 is 0. The molecule has 0 saturated carbocycles. The van der Waals surface area contributed by atoms with Crippen LogP contribution in [0.5, 0.6) is 0 Å². The average molecular weight is 159 g/mol. The van der Waals surface area contributed by atoms with Crippen LogP contribution in [0, 0.1) is 0 Å². The summed E-state index contributed by atoms with van der Waals surface area (Å²) in [6.07, 6.45) is 7.92. The van der Waals surface area contributed by atoms with E-state index in [2.05, 4.69) is 11.8 Å². The zero-order chi connectivity index (χ0) is 8.53. The quantitative estimate of drug-likeness (QED) is 0.458. The zero-order valence-electron chi connectivity index (χ0n) is 7.81. The highest BCUT2D eigenvalue weighted by Gasteiger charge is 1.98. The van der Waals surface area contributed by atoms with Crippen molar-refractivity contribution in [1.82, 2.24) is 0 Å². The monoisotopic (exact) mass is 159 g/mol. The standard InChI is InChI=1S/C9H21NO/c1-3-4-5-6-7-8-9(2)11-10/h9H,3-8,10H2,1-2H3. The van der Waals surface area contributed by atoms with Gasteiger partial charge in [0, 0.05) is 0 Å². The van der Waals surface area contributed by atoms with Crippen LogP contribution in [0.4, 0.5) is 0 Å². The van der Waals surface area contributed by atoms with E-state index < -0.39 is 0 Å². The van der Waals surface area contributed by atoms with Gasteiger partial charge in [-0.05, 0) is 13.3 Å². The fourth-order valence-corrected chi connectivity index (χ4v) is 1.10. The lowest BCUT2D eigenvalue weighted by atomic mass is 10.1. The highest BCUT2D eigenvalue weighted by atomic mass is 16.6. The third kappa shape index (κ3) is 7.82. The molecule has 0 heterocycles. The van der Waals surface area contributed by atoms with Gasteiger partial charge in [-0.1, -0.05) is 39.0 Å². The van der Waals surface area contributed by atoms with Crippen molar-refractivity contribution in [2.24, 2.45) is 5.90 Å². The van der Waals surface area contributed by atoms with E-state index in [9.17, 15) is 0 Å². The minimum Gasteiger partial charge on any atom is -0.302 e. The molecule has 68 valence electrons. The van der Waals surface area contributed by atoms with Gasteiger partial charge in [-0.15, -0.1) is 0 Å². The van der Waals surface area contributed by atoms with E-state index in [0.717, 1.165) is 6.42 Å². The molecule has 2 N–H and O–H groups in total. The van der Waals surface area contributed by atoms with Crippen molar-refractivity contribution >= 4 is 0 Å². The van der Waals surface area contributed by atoms with Crippen LogP contribution in [0.3, 0.4) is 0 Å². The molecule has 0 aliphatic rings. The van der Waals surface area contributed by atoms with Crippen molar-refractivity contribution in [2.45, 2.75) is 58.5 Å². The normalized spacial score (nSPS) is 13.4. The Morgan fingerprint density at radius 3 is 2.36 bits per heavy atom. The highest BCUT2D eigenvalue weighted by molar-refractivity contribution is 4.49. The van der Waals surface area contributed by atoms with Gasteiger partial charge in [-0.3, -0.25) is 0 Å². The molecule has 0 fully saturated rings. The first kappa shape index (κ1) is 10.9. The summed E-state index contributed by atoms with van der Waals surface area (Å²) in [6, 6.07) is 0. The first-order valence-corrected chi connectivity index (χ1v) is 4.66. The molecule has 1 unspecified atom stereocenters. The van der Waals surface area contributed by atoms with E-state index in [-0.39, 0.29) is 6.10 Å². The van der Waals surface area contributed by atoms with Crippen molar-refractivity contribution in [3.05, 3.63) is 0 Å². The maximum atomic E-state index is 5.01. The molecule has 1 atom stereocenters. The van der Waals surface area contributed by atoms with E-state index in [4.69, 9.17) is 5.90 Å². The molecule has 0 radical (unpaired) electrons. The Labute approximate surface area is 70.1 Å². The highest BCUT2D eigenvalue weighted by Crippen LogP contribution is 2.07. The van der Waals surface area contributed by atoms with Crippen LogP contribution in [0.2, 0.25) is 0 Å². The molecule has 2 heteroatoms. The maximum absolute atomic E-state index is 5.01. The Morgan fingerprint density at radius 1 is 1.18 bits per heavy atom. The maximum Gasteiger partial charge on any atom is 0.0759 e. The van der Waals surface area contributed by atoms with Gasteiger partial charge in [-0.2, -0.15) is 0 Å². The minimum absolute atomic E-state index is 0.233. The van der Waals surface area contributed by atoms with Crippen LogP contribution in [0.15, 0.2) is 0 Å². The molecule has 0 amide bonds. The third-order valence-corrected chi connectivity index (χ3v) is 1.95. The lowest BCUT2D eigenvalue weighted by Gasteiger charge is -2.06. The van der Waals surface area contributed by atoms with E-state index in [1.807, 2.05) is 6.92 Å². The number of rotatable bonds is 7. The first-order valence-electron chi connectivity index (χ1n) is 4.66. The number of unbranched alkanes of at least 4 members (excludes halogenated alkanes) is 4. The lowest BCUT2D eigenvalue weighted by molar-refractivity contribution is 0.0588. The zero-order valence-corrected chi connectivity index (χ0v) is 7.81. The van der Waals surface area contributed by atoms with Crippen molar-refractivity contribution in [3.8, 4) is 0 Å². The van der Waals surface area contributed by atoms with Crippen LogP contribution in [0.25, 0.3) is 0 Å². The Hall–Kier alpha value is -0.0800. The van der Waals surface area contributed by atoms with Crippen molar-refractivity contribution < 1.29 is 4.84 Å². The minimum atomic E-state index is 0.233. The molecule has 11 heavy (non-hydrogen) atoms. The summed E-state index contributed by atoms with van der Waals surface area (Å²) in [7, 11) is 0. The molecule has 0 aromatic rings.